The number of rotatable bonds is 5. The molecule has 0 amide bonds. The number of halogens is 1. The number of pyridine rings is 3. The predicted octanol–water partition coefficient (Wildman–Crippen LogP) is 6.25. The summed E-state index contributed by atoms with van der Waals surface area (Å²) in [4.78, 5) is 31.5. The number of aryl methyl sites for hydroxylation is 5. The molecule has 0 aliphatic rings. The molecular formula is C34H29ClN4O4S. The Morgan fingerprint density at radius 2 is 1.36 bits per heavy atom. The molecule has 6 aromatic rings. The van der Waals surface area contributed by atoms with Crippen molar-refractivity contribution in [1.82, 2.24) is 18.1 Å². The molecule has 0 radical (unpaired) electrons. The zero-order valence-corrected chi connectivity index (χ0v) is 26.4. The fourth-order valence-corrected chi connectivity index (χ4v) is 7.36. The first-order chi connectivity index (χ1) is 20.9. The molecule has 8 nitrogen and oxygen atoms in total. The van der Waals surface area contributed by atoms with Crippen LogP contribution in [0, 0.1) is 20.8 Å². The van der Waals surface area contributed by atoms with Crippen LogP contribution in [0.5, 0.6) is 0 Å². The van der Waals surface area contributed by atoms with Crippen LogP contribution in [0.4, 0.5) is 0 Å². The van der Waals surface area contributed by atoms with Crippen LogP contribution in [0.3, 0.4) is 0 Å². The summed E-state index contributed by atoms with van der Waals surface area (Å²) in [5.74, 6) is 0. The van der Waals surface area contributed by atoms with Crippen molar-refractivity contribution in [3.8, 4) is 33.5 Å². The minimum Gasteiger partial charge on any atom is -0.318 e. The van der Waals surface area contributed by atoms with Crippen LogP contribution < -0.4 is 11.1 Å². The van der Waals surface area contributed by atoms with Crippen LogP contribution >= 0.6 is 11.6 Å². The van der Waals surface area contributed by atoms with Crippen molar-refractivity contribution in [2.45, 2.75) is 25.7 Å². The summed E-state index contributed by atoms with van der Waals surface area (Å²) in [6, 6.07) is 20.6. The van der Waals surface area contributed by atoms with Crippen molar-refractivity contribution < 1.29 is 8.42 Å². The molecular weight excluding hydrogens is 596 g/mol. The van der Waals surface area contributed by atoms with E-state index >= 15 is 0 Å². The molecule has 6 rings (SSSR count). The monoisotopic (exact) mass is 624 g/mol. The van der Waals surface area contributed by atoms with Gasteiger partial charge in [-0.25, -0.2) is 12.4 Å². The third-order valence-corrected chi connectivity index (χ3v) is 9.77. The molecule has 4 aromatic heterocycles. The van der Waals surface area contributed by atoms with E-state index in [9.17, 15) is 18.0 Å². The van der Waals surface area contributed by atoms with E-state index < -0.39 is 15.6 Å². The molecule has 0 fully saturated rings. The minimum atomic E-state index is -4.27. The summed E-state index contributed by atoms with van der Waals surface area (Å²) < 4.78 is 32.8. The van der Waals surface area contributed by atoms with Crippen molar-refractivity contribution in [1.29, 1.82) is 0 Å². The molecule has 4 heterocycles. The van der Waals surface area contributed by atoms with Crippen molar-refractivity contribution in [3.63, 3.8) is 0 Å². The number of aromatic nitrogens is 4. The second kappa shape index (κ2) is 10.8. The highest BCUT2D eigenvalue weighted by molar-refractivity contribution is 7.90. The number of fused-ring (bicyclic) bond motifs is 1. The summed E-state index contributed by atoms with van der Waals surface area (Å²) in [6.07, 6.45) is 3.34. The maximum atomic E-state index is 14.5. The molecule has 0 saturated carbocycles. The Kier molecular flexibility index (Phi) is 7.18. The van der Waals surface area contributed by atoms with Gasteiger partial charge < -0.3 is 9.13 Å². The Morgan fingerprint density at radius 1 is 0.727 bits per heavy atom. The zero-order valence-electron chi connectivity index (χ0n) is 24.8. The van der Waals surface area contributed by atoms with E-state index in [1.54, 1.807) is 62.9 Å². The van der Waals surface area contributed by atoms with Gasteiger partial charge >= 0.3 is 0 Å². The van der Waals surface area contributed by atoms with Gasteiger partial charge in [0.05, 0.1) is 10.6 Å². The average Bonchev–Trinajstić information content (AvgIpc) is 3.39. The van der Waals surface area contributed by atoms with E-state index in [1.807, 2.05) is 39.0 Å². The lowest BCUT2D eigenvalue weighted by Gasteiger charge is -2.16. The number of hydrogen-bond acceptors (Lipinski definition) is 5. The standard InChI is InChI=1S/C34H29ClN4O4S/c1-20-10-12-24(13-11-20)44(42,43)39-31(23-14-21(2)36-22(3)15-23)16-27-29(19-38(5)34(41)33(27)39)26-17-32(40)37(4)18-28(26)25-8-6-7-9-30(25)35/h6-19H,1-5H3. The van der Waals surface area contributed by atoms with Crippen LogP contribution in [-0.4, -0.2) is 26.5 Å². The molecule has 0 atom stereocenters. The molecule has 44 heavy (non-hydrogen) atoms. The number of hydrogen-bond donors (Lipinski definition) is 0. The first kappa shape index (κ1) is 29.3. The predicted molar refractivity (Wildman–Crippen MR) is 175 cm³/mol. The molecule has 0 aliphatic heterocycles. The second-order valence-electron chi connectivity index (χ2n) is 11.0. The molecule has 10 heteroatoms. The smallest absolute Gasteiger partial charge is 0.275 e. The Labute approximate surface area is 259 Å². The molecule has 0 saturated heterocycles. The number of nitrogens with zero attached hydrogens (tertiary/aromatic N) is 4. The lowest BCUT2D eigenvalue weighted by atomic mass is 9.95. The Balaban J connectivity index is 1.80. The third-order valence-electron chi connectivity index (χ3n) is 7.71. The maximum Gasteiger partial charge on any atom is 0.275 e. The molecule has 0 aliphatic carbocycles. The lowest BCUT2D eigenvalue weighted by Crippen LogP contribution is -2.23. The largest absolute Gasteiger partial charge is 0.318 e. The first-order valence-corrected chi connectivity index (χ1v) is 15.7. The topological polar surface area (TPSA) is 96.0 Å². The van der Waals surface area contributed by atoms with E-state index in [1.165, 1.54) is 27.3 Å². The Bertz CT molecular complexity index is 2330. The summed E-state index contributed by atoms with van der Waals surface area (Å²) in [5, 5.41) is 0.865. The van der Waals surface area contributed by atoms with Gasteiger partial charge in [0, 0.05) is 76.6 Å². The summed E-state index contributed by atoms with van der Waals surface area (Å²) in [5.41, 5.74) is 4.76. The molecule has 2 aromatic carbocycles. The summed E-state index contributed by atoms with van der Waals surface area (Å²) in [7, 11) is -1.05. The van der Waals surface area contributed by atoms with E-state index in [0.29, 0.717) is 55.3 Å². The van der Waals surface area contributed by atoms with Crippen molar-refractivity contribution in [3.05, 3.63) is 128 Å². The van der Waals surface area contributed by atoms with Gasteiger partial charge in [0.1, 0.15) is 5.52 Å². The highest BCUT2D eigenvalue weighted by atomic mass is 35.5. The first-order valence-electron chi connectivity index (χ1n) is 13.9. The van der Waals surface area contributed by atoms with E-state index in [2.05, 4.69) is 4.98 Å². The lowest BCUT2D eigenvalue weighted by molar-refractivity contribution is 0.589. The molecule has 0 spiro atoms. The van der Waals surface area contributed by atoms with Gasteiger partial charge in [0.25, 0.3) is 21.1 Å². The van der Waals surface area contributed by atoms with Crippen molar-refractivity contribution in [2.75, 3.05) is 0 Å². The SMILES string of the molecule is Cc1ccc(S(=O)(=O)n2c(-c3cc(C)nc(C)c3)cc3c(-c4cc(=O)n(C)cc4-c4ccccc4Cl)cn(C)c(=O)c32)cc1. The van der Waals surface area contributed by atoms with Gasteiger partial charge in [-0.3, -0.25) is 14.6 Å². The van der Waals surface area contributed by atoms with E-state index in [-0.39, 0.29) is 16.0 Å². The van der Waals surface area contributed by atoms with Gasteiger partial charge in [-0.05, 0) is 62.7 Å². The molecule has 222 valence electrons. The summed E-state index contributed by atoms with van der Waals surface area (Å²) in [6.45, 7) is 5.54. The van der Waals surface area contributed by atoms with Gasteiger partial charge in [-0.2, -0.15) is 0 Å². The van der Waals surface area contributed by atoms with Crippen molar-refractivity contribution >= 4 is 32.5 Å². The zero-order chi connectivity index (χ0) is 31.5. The van der Waals surface area contributed by atoms with Crippen LogP contribution in [-0.2, 0) is 24.1 Å². The van der Waals surface area contributed by atoms with Gasteiger partial charge in [-0.1, -0.05) is 47.5 Å². The molecule has 0 unspecified atom stereocenters. The Hall–Kier alpha value is -4.73. The molecule has 0 N–H and O–H groups in total. The summed E-state index contributed by atoms with van der Waals surface area (Å²) >= 11 is 6.63. The normalized spacial score (nSPS) is 11.8. The minimum absolute atomic E-state index is 0.0292. The van der Waals surface area contributed by atoms with E-state index in [4.69, 9.17) is 11.6 Å². The van der Waals surface area contributed by atoms with Crippen LogP contribution in [0.1, 0.15) is 17.0 Å². The van der Waals surface area contributed by atoms with Crippen LogP contribution in [0.15, 0.2) is 99.7 Å². The fraction of sp³-hybridized carbons (Fsp3) is 0.147. The van der Waals surface area contributed by atoms with Crippen LogP contribution in [0.2, 0.25) is 5.02 Å². The average molecular weight is 625 g/mol. The van der Waals surface area contributed by atoms with E-state index in [0.717, 1.165) is 9.54 Å². The van der Waals surface area contributed by atoms with Crippen molar-refractivity contribution in [2.24, 2.45) is 14.1 Å². The van der Waals surface area contributed by atoms with Crippen LogP contribution in [0.25, 0.3) is 44.4 Å². The second-order valence-corrected chi connectivity index (χ2v) is 13.2. The fourth-order valence-electron chi connectivity index (χ4n) is 5.60. The van der Waals surface area contributed by atoms with Gasteiger partial charge in [-0.15, -0.1) is 0 Å². The van der Waals surface area contributed by atoms with Gasteiger partial charge in [0.15, 0.2) is 0 Å². The highest BCUT2D eigenvalue weighted by Gasteiger charge is 2.29. The number of benzene rings is 2. The molecule has 0 bridgehead atoms. The Morgan fingerprint density at radius 3 is 2.02 bits per heavy atom. The highest BCUT2D eigenvalue weighted by Crippen LogP contribution is 2.40. The quantitative estimate of drug-likeness (QED) is 0.226. The third kappa shape index (κ3) is 4.88. The maximum absolute atomic E-state index is 14.5. The van der Waals surface area contributed by atoms with Gasteiger partial charge in [0.2, 0.25) is 0 Å².